The lowest BCUT2D eigenvalue weighted by Gasteiger charge is -2.17. The molecule has 1 saturated heterocycles. The van der Waals surface area contributed by atoms with E-state index in [1.54, 1.807) is 13.2 Å². The number of nitrogen functional groups attached to an aromatic ring is 1. The predicted octanol–water partition coefficient (Wildman–Crippen LogP) is 0.288. The zero-order valence-corrected chi connectivity index (χ0v) is 16.5. The summed E-state index contributed by atoms with van der Waals surface area (Å²) in [6, 6.07) is 9.53. The third kappa shape index (κ3) is 3.77. The van der Waals surface area contributed by atoms with Crippen molar-refractivity contribution in [2.75, 3.05) is 31.3 Å². The van der Waals surface area contributed by atoms with Gasteiger partial charge in [0.15, 0.2) is 11.9 Å². The van der Waals surface area contributed by atoms with Gasteiger partial charge < -0.3 is 35.8 Å². The highest BCUT2D eigenvalue weighted by Gasteiger charge is 2.44. The number of nitrogens with one attached hydrogen (secondary N) is 1. The monoisotopic (exact) mass is 415 g/mol. The van der Waals surface area contributed by atoms with E-state index in [1.165, 1.54) is 10.9 Å². The number of hydrogen-bond acceptors (Lipinski definition) is 9. The van der Waals surface area contributed by atoms with Crippen LogP contribution in [0.25, 0.3) is 11.2 Å². The highest BCUT2D eigenvalue weighted by molar-refractivity contribution is 5.86. The summed E-state index contributed by atoms with van der Waals surface area (Å²) in [6.45, 7) is 0.224. The number of hydrogen-bond donors (Lipinski definition) is 5. The van der Waals surface area contributed by atoms with Crippen molar-refractivity contribution in [2.24, 2.45) is 0 Å². The van der Waals surface area contributed by atoms with Crippen molar-refractivity contribution in [1.29, 1.82) is 0 Å². The van der Waals surface area contributed by atoms with Crippen LogP contribution in [0.5, 0.6) is 5.75 Å². The first-order chi connectivity index (χ1) is 14.5. The van der Waals surface area contributed by atoms with Gasteiger partial charge in [0.1, 0.15) is 35.4 Å². The third-order valence-corrected chi connectivity index (χ3v) is 5.23. The lowest BCUT2D eigenvalue weighted by atomic mass is 10.1. The fourth-order valence-electron chi connectivity index (χ4n) is 3.54. The highest BCUT2D eigenvalue weighted by Crippen LogP contribution is 2.32. The summed E-state index contributed by atoms with van der Waals surface area (Å²) in [4.78, 5) is 8.82. The van der Waals surface area contributed by atoms with E-state index in [0.717, 1.165) is 17.7 Å². The Morgan fingerprint density at radius 2 is 2.00 bits per heavy atom. The Hall–Kier alpha value is -2.92. The molecule has 0 bridgehead atoms. The van der Waals surface area contributed by atoms with Gasteiger partial charge in [0.05, 0.1) is 25.7 Å². The minimum Gasteiger partial charge on any atom is -0.497 e. The van der Waals surface area contributed by atoms with E-state index in [4.69, 9.17) is 15.2 Å². The summed E-state index contributed by atoms with van der Waals surface area (Å²) in [5.74, 6) is 1.37. The van der Waals surface area contributed by atoms with Crippen molar-refractivity contribution < 1.29 is 24.8 Å². The summed E-state index contributed by atoms with van der Waals surface area (Å²) in [7, 11) is 1.63. The Bertz CT molecular complexity index is 1010. The quantitative estimate of drug-likeness (QED) is 0.367. The first-order valence-corrected chi connectivity index (χ1v) is 9.64. The first kappa shape index (κ1) is 20.4. The second kappa shape index (κ2) is 8.44. The van der Waals surface area contributed by atoms with Crippen molar-refractivity contribution in [2.45, 2.75) is 31.0 Å². The average Bonchev–Trinajstić information content (AvgIpc) is 3.30. The molecule has 3 heterocycles. The molecule has 4 atom stereocenters. The Balaban J connectivity index is 1.51. The first-order valence-electron chi connectivity index (χ1n) is 9.64. The van der Waals surface area contributed by atoms with Crippen LogP contribution >= 0.6 is 0 Å². The molecule has 1 aliphatic rings. The molecule has 160 valence electrons. The van der Waals surface area contributed by atoms with Gasteiger partial charge in [-0.15, -0.1) is 0 Å². The topological polar surface area (TPSA) is 148 Å². The number of fused-ring (bicyclic) bond motifs is 1. The number of benzene rings is 1. The van der Waals surface area contributed by atoms with Gasteiger partial charge in [0.2, 0.25) is 0 Å². The summed E-state index contributed by atoms with van der Waals surface area (Å²) < 4.78 is 12.3. The molecule has 1 aliphatic heterocycles. The Labute approximate surface area is 172 Å². The maximum absolute atomic E-state index is 10.3. The summed E-state index contributed by atoms with van der Waals surface area (Å²) in [6.07, 6.45) is -2.02. The van der Waals surface area contributed by atoms with Gasteiger partial charge >= 0.3 is 0 Å². The summed E-state index contributed by atoms with van der Waals surface area (Å²) in [5.41, 5.74) is 8.59. The molecule has 30 heavy (non-hydrogen) atoms. The van der Waals surface area contributed by atoms with Gasteiger partial charge in [0.25, 0.3) is 0 Å². The van der Waals surface area contributed by atoms with E-state index >= 15 is 0 Å². The fraction of sp³-hybridized carbons (Fsp3) is 0.400. The number of imidazole rings is 1. The van der Waals surface area contributed by atoms with E-state index in [2.05, 4.69) is 15.3 Å². The van der Waals surface area contributed by atoms with Crippen LogP contribution in [0.1, 0.15) is 11.8 Å². The standard InChI is InChI=1S/C20H25N5O5/c1-29-12-4-2-11(3-5-12)6-7-22-15-8-13(21)16-19(24-15)25(10-23-16)20-18(28)17(27)14(9-26)30-20/h2-5,8,10,14,17-18,20,26-28H,6-7,9H2,1H3,(H3,21,22,24). The number of aliphatic hydroxyl groups is 3. The normalized spacial score (nSPS) is 23.7. The van der Waals surface area contributed by atoms with Crippen LogP contribution in [0.3, 0.4) is 0 Å². The van der Waals surface area contributed by atoms with Crippen LogP contribution in [0.15, 0.2) is 36.7 Å². The van der Waals surface area contributed by atoms with Gasteiger partial charge in [-0.1, -0.05) is 12.1 Å². The van der Waals surface area contributed by atoms with Gasteiger partial charge in [0, 0.05) is 12.6 Å². The molecule has 0 spiro atoms. The highest BCUT2D eigenvalue weighted by atomic mass is 16.6. The molecular formula is C20H25N5O5. The molecule has 10 nitrogen and oxygen atoms in total. The molecule has 2 aromatic heterocycles. The molecule has 3 aromatic rings. The van der Waals surface area contributed by atoms with E-state index < -0.39 is 31.1 Å². The smallest absolute Gasteiger partial charge is 0.166 e. The van der Waals surface area contributed by atoms with Crippen molar-refractivity contribution in [3.8, 4) is 5.75 Å². The number of methoxy groups -OCH3 is 1. The maximum Gasteiger partial charge on any atom is 0.166 e. The molecule has 10 heteroatoms. The van der Waals surface area contributed by atoms with Crippen molar-refractivity contribution in [3.05, 3.63) is 42.2 Å². The Morgan fingerprint density at radius 3 is 2.67 bits per heavy atom. The zero-order valence-electron chi connectivity index (χ0n) is 16.5. The second-order valence-corrected chi connectivity index (χ2v) is 7.17. The molecule has 0 amide bonds. The number of pyridine rings is 1. The lowest BCUT2D eigenvalue weighted by Crippen LogP contribution is -2.33. The van der Waals surface area contributed by atoms with E-state index in [1.807, 2.05) is 24.3 Å². The van der Waals surface area contributed by atoms with Crippen LogP contribution in [0.2, 0.25) is 0 Å². The molecular weight excluding hydrogens is 390 g/mol. The number of nitrogens with two attached hydrogens (primary N) is 1. The van der Waals surface area contributed by atoms with Gasteiger partial charge in [-0.2, -0.15) is 0 Å². The number of anilines is 2. The second-order valence-electron chi connectivity index (χ2n) is 7.17. The Kier molecular flexibility index (Phi) is 5.73. The van der Waals surface area contributed by atoms with Gasteiger partial charge in [-0.25, -0.2) is 9.97 Å². The molecule has 0 aliphatic carbocycles. The van der Waals surface area contributed by atoms with E-state index in [9.17, 15) is 15.3 Å². The summed E-state index contributed by atoms with van der Waals surface area (Å²) in [5, 5.41) is 32.9. The molecule has 6 N–H and O–H groups in total. The van der Waals surface area contributed by atoms with Crippen molar-refractivity contribution in [1.82, 2.24) is 14.5 Å². The number of aromatic nitrogens is 3. The average molecular weight is 415 g/mol. The molecule has 4 unspecified atom stereocenters. The number of aliphatic hydroxyl groups excluding tert-OH is 3. The number of ether oxygens (including phenoxy) is 2. The third-order valence-electron chi connectivity index (χ3n) is 5.23. The number of nitrogens with zero attached hydrogens (tertiary/aromatic N) is 3. The van der Waals surface area contributed by atoms with Gasteiger partial charge in [-0.3, -0.25) is 4.57 Å². The van der Waals surface area contributed by atoms with Crippen LogP contribution in [0.4, 0.5) is 11.5 Å². The predicted molar refractivity (Wildman–Crippen MR) is 110 cm³/mol. The van der Waals surface area contributed by atoms with Crippen molar-refractivity contribution >= 4 is 22.7 Å². The largest absolute Gasteiger partial charge is 0.497 e. The van der Waals surface area contributed by atoms with Gasteiger partial charge in [-0.05, 0) is 24.1 Å². The SMILES string of the molecule is COc1ccc(CCNc2cc(N)c3ncn(C4OC(CO)C(O)C4O)c3n2)cc1. The lowest BCUT2D eigenvalue weighted by molar-refractivity contribution is -0.0511. The molecule has 4 rings (SSSR count). The molecule has 0 radical (unpaired) electrons. The van der Waals surface area contributed by atoms with Crippen LogP contribution in [-0.4, -0.2) is 68.4 Å². The van der Waals surface area contributed by atoms with Crippen molar-refractivity contribution in [3.63, 3.8) is 0 Å². The molecule has 0 saturated carbocycles. The van der Waals surface area contributed by atoms with Crippen LogP contribution in [0, 0.1) is 0 Å². The summed E-state index contributed by atoms with van der Waals surface area (Å²) >= 11 is 0. The maximum atomic E-state index is 10.3. The minimum absolute atomic E-state index is 0.408. The van der Waals surface area contributed by atoms with E-state index in [0.29, 0.717) is 29.2 Å². The number of rotatable bonds is 7. The fourth-order valence-corrected chi connectivity index (χ4v) is 3.54. The Morgan fingerprint density at radius 1 is 1.23 bits per heavy atom. The molecule has 1 fully saturated rings. The zero-order chi connectivity index (χ0) is 21.3. The van der Waals surface area contributed by atoms with Crippen LogP contribution in [-0.2, 0) is 11.2 Å². The molecule has 1 aromatic carbocycles. The van der Waals surface area contributed by atoms with E-state index in [-0.39, 0.29) is 0 Å². The van der Waals surface area contributed by atoms with Crippen LogP contribution < -0.4 is 15.8 Å². The minimum atomic E-state index is -1.23.